The van der Waals surface area contributed by atoms with Crippen LogP contribution in [0, 0.1) is 0 Å². The van der Waals surface area contributed by atoms with Crippen LogP contribution in [0.2, 0.25) is 0 Å². The van der Waals surface area contributed by atoms with Crippen molar-refractivity contribution in [3.05, 3.63) is 35.9 Å². The van der Waals surface area contributed by atoms with Crippen LogP contribution in [0.5, 0.6) is 0 Å². The molecule has 0 atom stereocenters. The molecular formula is C14H19N5O. The number of anilines is 3. The first-order chi connectivity index (χ1) is 9.30. The van der Waals surface area contributed by atoms with Gasteiger partial charge in [0.2, 0.25) is 0 Å². The minimum Gasteiger partial charge on any atom is -0.383 e. The van der Waals surface area contributed by atoms with Crippen molar-refractivity contribution >= 4 is 23.2 Å². The van der Waals surface area contributed by atoms with Crippen LogP contribution < -0.4 is 16.8 Å². The van der Waals surface area contributed by atoms with Gasteiger partial charge in [0.05, 0.1) is 5.54 Å². The van der Waals surface area contributed by atoms with E-state index in [-0.39, 0.29) is 16.9 Å². The predicted octanol–water partition coefficient (Wildman–Crippen LogP) is 2.06. The number of hydrogen-bond donors (Lipinski definition) is 3. The summed E-state index contributed by atoms with van der Waals surface area (Å²) >= 11 is 0. The van der Waals surface area contributed by atoms with Crippen LogP contribution in [0.15, 0.2) is 30.3 Å². The Balaban J connectivity index is 2.50. The lowest BCUT2D eigenvalue weighted by molar-refractivity contribution is 0.100. The third kappa shape index (κ3) is 2.59. The highest BCUT2D eigenvalue weighted by Gasteiger charge is 2.26. The van der Waals surface area contributed by atoms with Crippen molar-refractivity contribution in [2.45, 2.75) is 26.3 Å². The number of para-hydroxylation sites is 1. The molecule has 1 amide bonds. The number of nitrogens with one attached hydrogen (secondary N) is 1. The molecule has 0 aliphatic carbocycles. The molecule has 2 rings (SSSR count). The van der Waals surface area contributed by atoms with Crippen molar-refractivity contribution in [3.8, 4) is 0 Å². The van der Waals surface area contributed by atoms with Crippen LogP contribution in [0.3, 0.4) is 0 Å². The largest absolute Gasteiger partial charge is 0.383 e. The van der Waals surface area contributed by atoms with E-state index >= 15 is 0 Å². The maximum Gasteiger partial charge on any atom is 0.256 e. The average Bonchev–Trinajstić information content (AvgIpc) is 2.67. The lowest BCUT2D eigenvalue weighted by Crippen LogP contribution is -2.25. The fourth-order valence-electron chi connectivity index (χ4n) is 1.93. The first kappa shape index (κ1) is 13.9. The molecule has 1 heterocycles. The monoisotopic (exact) mass is 273 g/mol. The normalized spacial score (nSPS) is 11.3. The molecule has 106 valence electrons. The van der Waals surface area contributed by atoms with E-state index in [4.69, 9.17) is 11.5 Å². The number of carbonyl (C=O) groups excluding carboxylic acids is 1. The Labute approximate surface area is 117 Å². The minimum atomic E-state index is -0.601. The Bertz CT molecular complexity index is 625. The number of primary amides is 1. The minimum absolute atomic E-state index is 0.212. The van der Waals surface area contributed by atoms with Gasteiger partial charge >= 0.3 is 0 Å². The molecule has 5 N–H and O–H groups in total. The van der Waals surface area contributed by atoms with E-state index in [0.717, 1.165) is 5.69 Å². The van der Waals surface area contributed by atoms with Gasteiger partial charge in [-0.05, 0) is 32.9 Å². The Kier molecular flexibility index (Phi) is 3.40. The van der Waals surface area contributed by atoms with Crippen LogP contribution in [0.1, 0.15) is 31.1 Å². The second-order valence-electron chi connectivity index (χ2n) is 5.55. The molecule has 0 spiro atoms. The van der Waals surface area contributed by atoms with Gasteiger partial charge in [-0.25, -0.2) is 4.68 Å². The summed E-state index contributed by atoms with van der Waals surface area (Å²) in [6.45, 7) is 5.86. The molecule has 6 nitrogen and oxygen atoms in total. The lowest BCUT2D eigenvalue weighted by Gasteiger charge is -2.20. The number of hydrogen-bond acceptors (Lipinski definition) is 4. The number of nitrogens with two attached hydrogens (primary N) is 2. The summed E-state index contributed by atoms with van der Waals surface area (Å²) in [7, 11) is 0. The van der Waals surface area contributed by atoms with Crippen molar-refractivity contribution < 1.29 is 4.79 Å². The molecule has 0 radical (unpaired) electrons. The summed E-state index contributed by atoms with van der Waals surface area (Å²) in [6, 6.07) is 9.42. The number of benzene rings is 1. The second kappa shape index (κ2) is 4.88. The van der Waals surface area contributed by atoms with Gasteiger partial charge in [0.1, 0.15) is 11.4 Å². The summed E-state index contributed by atoms with van der Waals surface area (Å²) in [6.07, 6.45) is 0. The summed E-state index contributed by atoms with van der Waals surface area (Å²) in [5.41, 5.74) is 12.1. The molecule has 0 bridgehead atoms. The predicted molar refractivity (Wildman–Crippen MR) is 79.9 cm³/mol. The first-order valence-corrected chi connectivity index (χ1v) is 6.31. The van der Waals surface area contributed by atoms with E-state index in [1.54, 1.807) is 4.68 Å². The number of rotatable bonds is 3. The molecule has 0 saturated heterocycles. The van der Waals surface area contributed by atoms with Crippen molar-refractivity contribution in [2.75, 3.05) is 11.1 Å². The summed E-state index contributed by atoms with van der Waals surface area (Å²) in [4.78, 5) is 11.6. The third-order valence-corrected chi connectivity index (χ3v) is 2.84. The van der Waals surface area contributed by atoms with Gasteiger partial charge in [0, 0.05) is 5.69 Å². The molecule has 0 aliphatic heterocycles. The summed E-state index contributed by atoms with van der Waals surface area (Å²) in [5, 5.41) is 7.45. The molecule has 0 fully saturated rings. The fourth-order valence-corrected chi connectivity index (χ4v) is 1.93. The molecule has 6 heteroatoms. The smallest absolute Gasteiger partial charge is 0.256 e. The average molecular weight is 273 g/mol. The molecule has 20 heavy (non-hydrogen) atoms. The Morgan fingerprint density at radius 2 is 1.85 bits per heavy atom. The van der Waals surface area contributed by atoms with Crippen LogP contribution >= 0.6 is 0 Å². The number of carbonyl (C=O) groups is 1. The van der Waals surface area contributed by atoms with Gasteiger partial charge < -0.3 is 16.8 Å². The Morgan fingerprint density at radius 3 is 2.35 bits per heavy atom. The number of aromatic nitrogens is 2. The van der Waals surface area contributed by atoms with Gasteiger partial charge in [-0.15, -0.1) is 0 Å². The van der Waals surface area contributed by atoms with E-state index in [0.29, 0.717) is 5.82 Å². The molecule has 0 saturated carbocycles. The second-order valence-corrected chi connectivity index (χ2v) is 5.55. The van der Waals surface area contributed by atoms with Crippen molar-refractivity contribution in [2.24, 2.45) is 5.73 Å². The molecule has 2 aromatic rings. The molecule has 1 aromatic heterocycles. The van der Waals surface area contributed by atoms with Crippen LogP contribution in [-0.2, 0) is 5.54 Å². The van der Waals surface area contributed by atoms with Crippen molar-refractivity contribution in [3.63, 3.8) is 0 Å². The quantitative estimate of drug-likeness (QED) is 0.797. The lowest BCUT2D eigenvalue weighted by atomic mass is 10.1. The number of amides is 1. The summed E-state index contributed by atoms with van der Waals surface area (Å²) in [5.74, 6) is 0.0380. The molecule has 0 unspecified atom stereocenters. The highest BCUT2D eigenvalue weighted by Crippen LogP contribution is 2.28. The zero-order chi connectivity index (χ0) is 14.9. The standard InChI is InChI=1S/C14H19N5O/c1-14(2,3)19-11(15)10(12(16)20)13(18-19)17-9-7-5-4-6-8-9/h4-8H,15H2,1-3H3,(H2,16,20)(H,17,18). The topological polar surface area (TPSA) is 99.0 Å². The Hall–Kier alpha value is -2.50. The van der Waals surface area contributed by atoms with Crippen molar-refractivity contribution in [1.82, 2.24) is 9.78 Å². The van der Waals surface area contributed by atoms with Gasteiger partial charge in [-0.2, -0.15) is 5.10 Å². The SMILES string of the molecule is CC(C)(C)n1nc(Nc2ccccc2)c(C(N)=O)c1N. The first-order valence-electron chi connectivity index (χ1n) is 6.31. The highest BCUT2D eigenvalue weighted by molar-refractivity contribution is 6.02. The maximum atomic E-state index is 11.6. The number of nitrogens with zero attached hydrogens (tertiary/aromatic N) is 2. The fraction of sp³-hybridized carbons (Fsp3) is 0.286. The van der Waals surface area contributed by atoms with Gasteiger partial charge in [-0.3, -0.25) is 4.79 Å². The summed E-state index contributed by atoms with van der Waals surface area (Å²) < 4.78 is 1.60. The van der Waals surface area contributed by atoms with E-state index in [2.05, 4.69) is 10.4 Å². The van der Waals surface area contributed by atoms with E-state index in [9.17, 15) is 4.79 Å². The maximum absolute atomic E-state index is 11.6. The highest BCUT2D eigenvalue weighted by atomic mass is 16.1. The van der Waals surface area contributed by atoms with E-state index in [1.807, 2.05) is 51.1 Å². The van der Waals surface area contributed by atoms with E-state index < -0.39 is 5.91 Å². The zero-order valence-electron chi connectivity index (χ0n) is 11.8. The van der Waals surface area contributed by atoms with Crippen molar-refractivity contribution in [1.29, 1.82) is 0 Å². The van der Waals surface area contributed by atoms with Gasteiger partial charge in [0.15, 0.2) is 5.82 Å². The van der Waals surface area contributed by atoms with Gasteiger partial charge in [-0.1, -0.05) is 18.2 Å². The molecule has 0 aliphatic rings. The Morgan fingerprint density at radius 1 is 1.25 bits per heavy atom. The van der Waals surface area contributed by atoms with Gasteiger partial charge in [0.25, 0.3) is 5.91 Å². The molecular weight excluding hydrogens is 254 g/mol. The zero-order valence-corrected chi connectivity index (χ0v) is 11.8. The third-order valence-electron chi connectivity index (χ3n) is 2.84. The van der Waals surface area contributed by atoms with Crippen LogP contribution in [-0.4, -0.2) is 15.7 Å². The number of nitrogen functional groups attached to an aromatic ring is 1. The molecule has 1 aromatic carbocycles. The van der Waals surface area contributed by atoms with Crippen LogP contribution in [0.25, 0.3) is 0 Å². The van der Waals surface area contributed by atoms with E-state index in [1.165, 1.54) is 0 Å². The van der Waals surface area contributed by atoms with Crippen LogP contribution in [0.4, 0.5) is 17.3 Å².